The van der Waals surface area contributed by atoms with E-state index in [0.29, 0.717) is 5.75 Å². The summed E-state index contributed by atoms with van der Waals surface area (Å²) >= 11 is 1.50. The van der Waals surface area contributed by atoms with Gasteiger partial charge in [0, 0.05) is 4.90 Å². The quantitative estimate of drug-likeness (QED) is 0.863. The van der Waals surface area contributed by atoms with E-state index in [-0.39, 0.29) is 11.3 Å². The topological polar surface area (TPSA) is 52.9 Å². The molecule has 108 valence electrons. The normalized spacial score (nSPS) is 14.2. The molecule has 0 heterocycles. The minimum atomic E-state index is -0.865. The molecule has 0 saturated heterocycles. The maximum atomic E-state index is 12.1. The van der Waals surface area contributed by atoms with E-state index in [1.54, 1.807) is 6.92 Å². The number of benzene rings is 1. The predicted octanol–water partition coefficient (Wildman–Crippen LogP) is 3.53. The molecule has 0 aromatic heterocycles. The first-order valence-corrected chi connectivity index (χ1v) is 7.59. The number of amides is 1. The molecule has 1 amide bonds. The molecule has 20 heavy (non-hydrogen) atoms. The number of thioether (sulfide) groups is 1. The van der Waals surface area contributed by atoms with Crippen LogP contribution in [0, 0.1) is 23.7 Å². The van der Waals surface area contributed by atoms with Crippen LogP contribution in [-0.2, 0) is 4.79 Å². The molecule has 0 bridgehead atoms. The van der Waals surface area contributed by atoms with Crippen LogP contribution in [0.4, 0.5) is 0 Å². The van der Waals surface area contributed by atoms with Crippen molar-refractivity contribution < 1.29 is 4.79 Å². The lowest BCUT2D eigenvalue weighted by Gasteiger charge is -2.36. The fourth-order valence-electron chi connectivity index (χ4n) is 1.56. The molecule has 4 heteroatoms. The van der Waals surface area contributed by atoms with Gasteiger partial charge in [0.05, 0.1) is 11.8 Å². The van der Waals surface area contributed by atoms with Gasteiger partial charge >= 0.3 is 0 Å². The molecule has 0 spiro atoms. The van der Waals surface area contributed by atoms with E-state index >= 15 is 0 Å². The largest absolute Gasteiger partial charge is 0.337 e. The number of nitriles is 1. The van der Waals surface area contributed by atoms with Gasteiger partial charge < -0.3 is 5.32 Å². The van der Waals surface area contributed by atoms with Gasteiger partial charge in [-0.25, -0.2) is 0 Å². The van der Waals surface area contributed by atoms with Crippen molar-refractivity contribution in [1.29, 1.82) is 5.26 Å². The fourth-order valence-corrected chi connectivity index (χ4v) is 2.39. The molecule has 0 aliphatic heterocycles. The van der Waals surface area contributed by atoms with Gasteiger partial charge in [0.15, 0.2) is 0 Å². The summed E-state index contributed by atoms with van der Waals surface area (Å²) in [5, 5.41) is 12.2. The van der Waals surface area contributed by atoms with Crippen LogP contribution in [0.15, 0.2) is 29.2 Å². The third kappa shape index (κ3) is 4.01. The van der Waals surface area contributed by atoms with E-state index in [0.717, 1.165) is 10.5 Å². The summed E-state index contributed by atoms with van der Waals surface area (Å²) in [6.07, 6.45) is 0. The lowest BCUT2D eigenvalue weighted by atomic mass is 9.76. The number of rotatable bonds is 4. The van der Waals surface area contributed by atoms with Gasteiger partial charge in [-0.1, -0.05) is 39.0 Å². The standard InChI is InChI=1S/C16H22N2OS/c1-12-8-6-7-9-13(12)20-10-14(19)18-16(5,11-17)15(2,3)4/h6-9H,10H2,1-5H3,(H,18,19). The minimum Gasteiger partial charge on any atom is -0.337 e. The lowest BCUT2D eigenvalue weighted by Crippen LogP contribution is -2.54. The second kappa shape index (κ2) is 6.32. The molecule has 0 saturated carbocycles. The average Bonchev–Trinajstić information content (AvgIpc) is 2.36. The maximum absolute atomic E-state index is 12.1. The predicted molar refractivity (Wildman–Crippen MR) is 83.5 cm³/mol. The van der Waals surface area contributed by atoms with Crippen molar-refractivity contribution in [2.45, 2.75) is 45.1 Å². The van der Waals surface area contributed by atoms with Crippen LogP contribution in [-0.4, -0.2) is 17.2 Å². The number of carbonyl (C=O) groups excluding carboxylic acids is 1. The van der Waals surface area contributed by atoms with Crippen LogP contribution in [0.1, 0.15) is 33.3 Å². The fraction of sp³-hybridized carbons (Fsp3) is 0.500. The second-order valence-corrected chi connectivity index (χ2v) is 7.11. The van der Waals surface area contributed by atoms with Crippen molar-refractivity contribution >= 4 is 17.7 Å². The van der Waals surface area contributed by atoms with E-state index in [9.17, 15) is 10.1 Å². The van der Waals surface area contributed by atoms with Crippen LogP contribution in [0.3, 0.4) is 0 Å². The molecular weight excluding hydrogens is 268 g/mol. The Bertz CT molecular complexity index is 528. The van der Waals surface area contributed by atoms with E-state index in [2.05, 4.69) is 11.4 Å². The molecule has 1 aromatic carbocycles. The van der Waals surface area contributed by atoms with Crippen molar-refractivity contribution in [3.8, 4) is 6.07 Å². The summed E-state index contributed by atoms with van der Waals surface area (Å²) in [6, 6.07) is 10.2. The Kier molecular flexibility index (Phi) is 5.24. The Labute approximate surface area is 125 Å². The molecule has 0 aliphatic carbocycles. The Morgan fingerprint density at radius 1 is 1.30 bits per heavy atom. The highest BCUT2D eigenvalue weighted by molar-refractivity contribution is 8.00. The van der Waals surface area contributed by atoms with Crippen LogP contribution >= 0.6 is 11.8 Å². The number of hydrogen-bond donors (Lipinski definition) is 1. The molecule has 1 aromatic rings. The number of nitrogens with zero attached hydrogens (tertiary/aromatic N) is 1. The molecule has 1 unspecified atom stereocenters. The second-order valence-electron chi connectivity index (χ2n) is 6.09. The number of nitrogens with one attached hydrogen (secondary N) is 1. The highest BCUT2D eigenvalue weighted by Gasteiger charge is 2.39. The highest BCUT2D eigenvalue weighted by atomic mass is 32.2. The van der Waals surface area contributed by atoms with Crippen LogP contribution in [0.2, 0.25) is 0 Å². The zero-order chi connectivity index (χ0) is 15.4. The van der Waals surface area contributed by atoms with Gasteiger partial charge in [-0.2, -0.15) is 5.26 Å². The monoisotopic (exact) mass is 290 g/mol. The van der Waals surface area contributed by atoms with Gasteiger partial charge in [0.1, 0.15) is 5.54 Å². The summed E-state index contributed by atoms with van der Waals surface area (Å²) in [5.74, 6) is 0.204. The SMILES string of the molecule is Cc1ccccc1SCC(=O)NC(C)(C#N)C(C)(C)C. The molecule has 0 fully saturated rings. The first kappa shape index (κ1) is 16.6. The minimum absolute atomic E-state index is 0.114. The zero-order valence-electron chi connectivity index (χ0n) is 12.8. The molecule has 0 radical (unpaired) electrons. The van der Waals surface area contributed by atoms with Gasteiger partial charge in [0.2, 0.25) is 5.91 Å². The summed E-state index contributed by atoms with van der Waals surface area (Å²) in [7, 11) is 0. The molecule has 3 nitrogen and oxygen atoms in total. The van der Waals surface area contributed by atoms with Crippen molar-refractivity contribution in [2.75, 3.05) is 5.75 Å². The molecule has 0 aliphatic rings. The van der Waals surface area contributed by atoms with Gasteiger partial charge in [-0.05, 0) is 30.9 Å². The van der Waals surface area contributed by atoms with Gasteiger partial charge in [0.25, 0.3) is 0 Å². The summed E-state index contributed by atoms with van der Waals surface area (Å²) in [5.41, 5.74) is -0.0228. The van der Waals surface area contributed by atoms with E-state index in [1.165, 1.54) is 11.8 Å². The Morgan fingerprint density at radius 3 is 2.40 bits per heavy atom. The van der Waals surface area contributed by atoms with Crippen molar-refractivity contribution in [1.82, 2.24) is 5.32 Å². The van der Waals surface area contributed by atoms with E-state index in [4.69, 9.17) is 0 Å². The third-order valence-corrected chi connectivity index (χ3v) is 4.74. The molecule has 1 rings (SSSR count). The third-order valence-electron chi connectivity index (χ3n) is 3.57. The molecule has 1 N–H and O–H groups in total. The first-order valence-electron chi connectivity index (χ1n) is 6.60. The summed E-state index contributed by atoms with van der Waals surface area (Å²) in [6.45, 7) is 9.64. The molecular formula is C16H22N2OS. The Balaban J connectivity index is 2.66. The van der Waals surface area contributed by atoms with Crippen molar-refractivity contribution in [3.63, 3.8) is 0 Å². The van der Waals surface area contributed by atoms with Crippen molar-refractivity contribution in [2.24, 2.45) is 5.41 Å². The van der Waals surface area contributed by atoms with Gasteiger partial charge in [-0.15, -0.1) is 11.8 Å². The number of aryl methyl sites for hydroxylation is 1. The van der Waals surface area contributed by atoms with Crippen LogP contribution in [0.5, 0.6) is 0 Å². The maximum Gasteiger partial charge on any atom is 0.231 e. The number of carbonyl (C=O) groups is 1. The Morgan fingerprint density at radius 2 is 1.90 bits per heavy atom. The summed E-state index contributed by atoms with van der Waals surface area (Å²) < 4.78 is 0. The Hall–Kier alpha value is -1.47. The smallest absolute Gasteiger partial charge is 0.231 e. The zero-order valence-corrected chi connectivity index (χ0v) is 13.6. The summed E-state index contributed by atoms with van der Waals surface area (Å²) in [4.78, 5) is 13.2. The van der Waals surface area contributed by atoms with Crippen LogP contribution in [0.25, 0.3) is 0 Å². The van der Waals surface area contributed by atoms with Crippen LogP contribution < -0.4 is 5.32 Å². The molecule has 1 atom stereocenters. The highest BCUT2D eigenvalue weighted by Crippen LogP contribution is 2.29. The van der Waals surface area contributed by atoms with Crippen molar-refractivity contribution in [3.05, 3.63) is 29.8 Å². The van der Waals surface area contributed by atoms with E-state index < -0.39 is 5.54 Å². The number of hydrogen-bond acceptors (Lipinski definition) is 3. The van der Waals surface area contributed by atoms with Gasteiger partial charge in [-0.3, -0.25) is 4.79 Å². The first-order chi connectivity index (χ1) is 9.19. The lowest BCUT2D eigenvalue weighted by molar-refractivity contribution is -0.120. The average molecular weight is 290 g/mol. The van der Waals surface area contributed by atoms with E-state index in [1.807, 2.05) is 52.0 Å².